The van der Waals surface area contributed by atoms with Crippen molar-refractivity contribution in [2.75, 3.05) is 19.8 Å². The SMILES string of the molecule is CCOC(=O)NC(CNC1C2CCOC2C12CCCC2)CC(C)C. The van der Waals surface area contributed by atoms with Crippen LogP contribution in [0.1, 0.15) is 59.3 Å². The number of alkyl carbamates (subject to hydrolysis) is 1. The fraction of sp³-hybridized carbons (Fsp3) is 0.947. The van der Waals surface area contributed by atoms with Crippen LogP contribution < -0.4 is 10.6 Å². The van der Waals surface area contributed by atoms with Crippen molar-refractivity contribution in [1.82, 2.24) is 10.6 Å². The molecule has 5 heteroatoms. The Morgan fingerprint density at radius 2 is 2.08 bits per heavy atom. The molecule has 24 heavy (non-hydrogen) atoms. The molecule has 2 saturated carbocycles. The summed E-state index contributed by atoms with van der Waals surface area (Å²) >= 11 is 0. The molecule has 2 N–H and O–H groups in total. The van der Waals surface area contributed by atoms with E-state index in [0.29, 0.717) is 36.0 Å². The van der Waals surface area contributed by atoms with E-state index in [2.05, 4.69) is 24.5 Å². The van der Waals surface area contributed by atoms with Crippen molar-refractivity contribution >= 4 is 6.09 Å². The molecule has 1 heterocycles. The summed E-state index contributed by atoms with van der Waals surface area (Å²) in [6.07, 6.45) is 7.61. The molecular formula is C19H34N2O3. The van der Waals surface area contributed by atoms with Crippen LogP contribution in [0.5, 0.6) is 0 Å². The number of carbonyl (C=O) groups is 1. The third kappa shape index (κ3) is 3.43. The van der Waals surface area contributed by atoms with Gasteiger partial charge in [0.05, 0.1) is 12.7 Å². The Balaban J connectivity index is 1.57. The molecule has 5 nitrogen and oxygen atoms in total. The molecule has 3 rings (SSSR count). The first-order valence-corrected chi connectivity index (χ1v) is 9.85. The molecule has 138 valence electrons. The molecule has 1 spiro atoms. The molecule has 1 saturated heterocycles. The van der Waals surface area contributed by atoms with Crippen LogP contribution in [0.4, 0.5) is 4.79 Å². The van der Waals surface area contributed by atoms with E-state index in [4.69, 9.17) is 9.47 Å². The molecule has 0 bridgehead atoms. The Hall–Kier alpha value is -0.810. The second-order valence-corrected chi connectivity index (χ2v) is 8.26. The molecule has 3 fully saturated rings. The van der Waals surface area contributed by atoms with E-state index in [1.165, 1.54) is 32.1 Å². The lowest BCUT2D eigenvalue weighted by atomic mass is 9.54. The molecule has 4 unspecified atom stereocenters. The fourth-order valence-corrected chi connectivity index (χ4v) is 5.38. The quantitative estimate of drug-likeness (QED) is 0.749. The molecule has 2 aliphatic carbocycles. The van der Waals surface area contributed by atoms with Crippen LogP contribution in [0.15, 0.2) is 0 Å². The maximum Gasteiger partial charge on any atom is 0.407 e. The zero-order valence-corrected chi connectivity index (χ0v) is 15.5. The summed E-state index contributed by atoms with van der Waals surface area (Å²) in [4.78, 5) is 11.8. The Morgan fingerprint density at radius 3 is 2.75 bits per heavy atom. The van der Waals surface area contributed by atoms with Gasteiger partial charge in [0.25, 0.3) is 0 Å². The molecule has 0 aromatic heterocycles. The summed E-state index contributed by atoms with van der Waals surface area (Å²) in [5.41, 5.74) is 0.369. The molecule has 3 aliphatic rings. The molecule has 0 aromatic rings. The highest BCUT2D eigenvalue weighted by Gasteiger charge is 2.64. The van der Waals surface area contributed by atoms with Crippen molar-refractivity contribution in [3.05, 3.63) is 0 Å². The Labute approximate surface area is 146 Å². The second-order valence-electron chi connectivity index (χ2n) is 8.26. The lowest BCUT2D eigenvalue weighted by Gasteiger charge is -2.57. The minimum absolute atomic E-state index is 0.129. The van der Waals surface area contributed by atoms with Crippen molar-refractivity contribution in [3.8, 4) is 0 Å². The minimum atomic E-state index is -0.295. The van der Waals surface area contributed by atoms with Gasteiger partial charge in [-0.2, -0.15) is 0 Å². The lowest BCUT2D eigenvalue weighted by Crippen LogP contribution is -2.68. The third-order valence-electron chi connectivity index (χ3n) is 6.22. The molecule has 4 atom stereocenters. The number of rotatable bonds is 7. The van der Waals surface area contributed by atoms with Crippen LogP contribution in [0.3, 0.4) is 0 Å². The van der Waals surface area contributed by atoms with Crippen LogP contribution in [0, 0.1) is 17.3 Å². The van der Waals surface area contributed by atoms with Gasteiger partial charge in [0.2, 0.25) is 0 Å². The van der Waals surface area contributed by atoms with Gasteiger partial charge in [0.1, 0.15) is 0 Å². The van der Waals surface area contributed by atoms with E-state index in [-0.39, 0.29) is 12.1 Å². The monoisotopic (exact) mass is 338 g/mol. The highest BCUT2D eigenvalue weighted by molar-refractivity contribution is 5.67. The van der Waals surface area contributed by atoms with Crippen molar-refractivity contribution in [3.63, 3.8) is 0 Å². The first-order chi connectivity index (χ1) is 11.6. The second kappa shape index (κ2) is 7.61. The fourth-order valence-electron chi connectivity index (χ4n) is 5.38. The summed E-state index contributed by atoms with van der Waals surface area (Å²) in [6.45, 7) is 8.40. The largest absolute Gasteiger partial charge is 0.450 e. The van der Waals surface area contributed by atoms with Crippen LogP contribution in [0.2, 0.25) is 0 Å². The third-order valence-corrected chi connectivity index (χ3v) is 6.22. The number of hydrogen-bond donors (Lipinski definition) is 2. The predicted molar refractivity (Wildman–Crippen MR) is 93.9 cm³/mol. The van der Waals surface area contributed by atoms with E-state index < -0.39 is 0 Å². The number of nitrogens with one attached hydrogen (secondary N) is 2. The average molecular weight is 338 g/mol. The molecule has 1 amide bonds. The standard InChI is InChI=1S/C19H34N2O3/c1-4-23-18(22)21-14(11-13(2)3)12-20-16-15-7-10-24-17(15)19(16)8-5-6-9-19/h13-17,20H,4-12H2,1-3H3,(H,21,22). The van der Waals surface area contributed by atoms with Crippen molar-refractivity contribution in [2.24, 2.45) is 17.3 Å². The van der Waals surface area contributed by atoms with Crippen LogP contribution in [-0.2, 0) is 9.47 Å². The zero-order valence-electron chi connectivity index (χ0n) is 15.5. The summed E-state index contributed by atoms with van der Waals surface area (Å²) in [5.74, 6) is 1.22. The molecule has 0 aromatic carbocycles. The lowest BCUT2D eigenvalue weighted by molar-refractivity contribution is -0.130. The number of carbonyl (C=O) groups excluding carboxylic acids is 1. The Kier molecular flexibility index (Phi) is 5.70. The van der Waals surface area contributed by atoms with Crippen molar-refractivity contribution in [1.29, 1.82) is 0 Å². The molecular weight excluding hydrogens is 304 g/mol. The summed E-state index contributed by atoms with van der Waals surface area (Å²) < 4.78 is 11.1. The summed E-state index contributed by atoms with van der Waals surface area (Å²) in [5, 5.41) is 6.86. The van der Waals surface area contributed by atoms with E-state index in [9.17, 15) is 4.79 Å². The maximum atomic E-state index is 11.8. The topological polar surface area (TPSA) is 59.6 Å². The molecule has 1 aliphatic heterocycles. The number of fused-ring (bicyclic) bond motifs is 2. The number of ether oxygens (including phenoxy) is 2. The molecule has 0 radical (unpaired) electrons. The van der Waals surface area contributed by atoms with Gasteiger partial charge in [-0.25, -0.2) is 4.79 Å². The first kappa shape index (κ1) is 18.0. The van der Waals surface area contributed by atoms with E-state index >= 15 is 0 Å². The summed E-state index contributed by atoms with van der Waals surface area (Å²) in [7, 11) is 0. The van der Waals surface area contributed by atoms with E-state index in [1.54, 1.807) is 0 Å². The number of amides is 1. The van der Waals surface area contributed by atoms with Gasteiger partial charge in [-0.15, -0.1) is 0 Å². The van der Waals surface area contributed by atoms with Gasteiger partial charge in [-0.1, -0.05) is 26.7 Å². The van der Waals surface area contributed by atoms with Crippen LogP contribution >= 0.6 is 0 Å². The van der Waals surface area contributed by atoms with E-state index in [0.717, 1.165) is 19.6 Å². The maximum absolute atomic E-state index is 11.8. The van der Waals surface area contributed by atoms with Crippen molar-refractivity contribution < 1.29 is 14.3 Å². The highest BCUT2D eigenvalue weighted by atomic mass is 16.5. The average Bonchev–Trinajstić information content (AvgIpc) is 3.14. The normalized spacial score (nSPS) is 31.8. The minimum Gasteiger partial charge on any atom is -0.450 e. The zero-order chi connectivity index (χ0) is 17.2. The van der Waals surface area contributed by atoms with Gasteiger partial charge in [0, 0.05) is 36.6 Å². The predicted octanol–water partition coefficient (Wildman–Crippen LogP) is 3.08. The van der Waals surface area contributed by atoms with Crippen LogP contribution in [0.25, 0.3) is 0 Å². The van der Waals surface area contributed by atoms with Gasteiger partial charge in [-0.05, 0) is 38.5 Å². The van der Waals surface area contributed by atoms with Crippen LogP contribution in [-0.4, -0.2) is 44.0 Å². The Morgan fingerprint density at radius 1 is 1.33 bits per heavy atom. The Bertz CT molecular complexity index is 434. The van der Waals surface area contributed by atoms with Gasteiger partial charge >= 0.3 is 6.09 Å². The van der Waals surface area contributed by atoms with Crippen molar-refractivity contribution in [2.45, 2.75) is 77.5 Å². The summed E-state index contributed by atoms with van der Waals surface area (Å²) in [6, 6.07) is 0.690. The van der Waals surface area contributed by atoms with Gasteiger partial charge in [-0.3, -0.25) is 0 Å². The first-order valence-electron chi connectivity index (χ1n) is 9.85. The highest BCUT2D eigenvalue weighted by Crippen LogP contribution is 2.60. The smallest absolute Gasteiger partial charge is 0.407 e. The van der Waals surface area contributed by atoms with Gasteiger partial charge in [0.15, 0.2) is 0 Å². The van der Waals surface area contributed by atoms with Gasteiger partial charge < -0.3 is 20.1 Å². The van der Waals surface area contributed by atoms with E-state index in [1.807, 2.05) is 6.92 Å². The number of hydrogen-bond acceptors (Lipinski definition) is 4.